The summed E-state index contributed by atoms with van der Waals surface area (Å²) in [5.41, 5.74) is 8.64. The molecule has 5 heteroatoms. The third-order valence-electron chi connectivity index (χ3n) is 5.49. The summed E-state index contributed by atoms with van der Waals surface area (Å²) < 4.78 is 11.5. The molecule has 1 amide bonds. The number of para-hydroxylation sites is 1. The number of hydrogen-bond donors (Lipinski definition) is 1. The van der Waals surface area contributed by atoms with E-state index in [1.54, 1.807) is 7.11 Å². The Balaban J connectivity index is 1.63. The highest BCUT2D eigenvalue weighted by atomic mass is 16.5. The number of rotatable bonds is 5. The molecular formula is C23H26N2O3. The average Bonchev–Trinajstić information content (AvgIpc) is 3.21. The van der Waals surface area contributed by atoms with Crippen LogP contribution in [-0.2, 0) is 11.3 Å². The Morgan fingerprint density at radius 2 is 2.04 bits per heavy atom. The lowest BCUT2D eigenvalue weighted by atomic mass is 9.90. The highest BCUT2D eigenvalue weighted by Crippen LogP contribution is 2.36. The maximum absolute atomic E-state index is 11.9. The van der Waals surface area contributed by atoms with Crippen LogP contribution in [0.2, 0.25) is 0 Å². The first kappa shape index (κ1) is 18.6. The van der Waals surface area contributed by atoms with Crippen LogP contribution in [0.4, 0.5) is 0 Å². The van der Waals surface area contributed by atoms with Crippen LogP contribution in [0.5, 0.6) is 5.75 Å². The van der Waals surface area contributed by atoms with E-state index in [1.807, 2.05) is 36.4 Å². The first-order valence-corrected chi connectivity index (χ1v) is 9.55. The molecule has 1 fully saturated rings. The molecule has 4 rings (SSSR count). The van der Waals surface area contributed by atoms with Crippen LogP contribution < -0.4 is 10.5 Å². The fourth-order valence-electron chi connectivity index (χ4n) is 4.23. The van der Waals surface area contributed by atoms with Gasteiger partial charge in [0.2, 0.25) is 5.91 Å². The second-order valence-corrected chi connectivity index (χ2v) is 8.37. The third kappa shape index (κ3) is 3.50. The molecule has 1 saturated heterocycles. The SMILES string of the molecule is COc1ccccc1-c1cc2cc(CN3CC(C)(C)CC3C(N)=O)ccc2o1. The number of amides is 1. The minimum absolute atomic E-state index is 0.0937. The van der Waals surface area contributed by atoms with Gasteiger partial charge in [-0.15, -0.1) is 0 Å². The molecule has 28 heavy (non-hydrogen) atoms. The van der Waals surface area contributed by atoms with Crippen LogP contribution in [-0.4, -0.2) is 30.5 Å². The van der Waals surface area contributed by atoms with Gasteiger partial charge in [-0.25, -0.2) is 0 Å². The number of hydrogen-bond acceptors (Lipinski definition) is 4. The third-order valence-corrected chi connectivity index (χ3v) is 5.49. The number of nitrogens with two attached hydrogens (primary N) is 1. The lowest BCUT2D eigenvalue weighted by Crippen LogP contribution is -2.39. The van der Waals surface area contributed by atoms with E-state index in [4.69, 9.17) is 14.9 Å². The molecule has 5 nitrogen and oxygen atoms in total. The number of carbonyl (C=O) groups excluding carboxylic acids is 1. The summed E-state index contributed by atoms with van der Waals surface area (Å²) in [6, 6.07) is 15.8. The van der Waals surface area contributed by atoms with Gasteiger partial charge in [-0.3, -0.25) is 9.69 Å². The second kappa shape index (κ2) is 6.99. The van der Waals surface area contributed by atoms with Gasteiger partial charge in [0.15, 0.2) is 0 Å². The summed E-state index contributed by atoms with van der Waals surface area (Å²) in [4.78, 5) is 14.1. The van der Waals surface area contributed by atoms with Crippen molar-refractivity contribution in [3.05, 3.63) is 54.1 Å². The summed E-state index contributed by atoms with van der Waals surface area (Å²) in [7, 11) is 1.66. The molecule has 146 valence electrons. The monoisotopic (exact) mass is 378 g/mol. The van der Waals surface area contributed by atoms with Crippen molar-refractivity contribution in [2.75, 3.05) is 13.7 Å². The van der Waals surface area contributed by atoms with E-state index in [0.29, 0.717) is 6.54 Å². The molecule has 0 bridgehead atoms. The van der Waals surface area contributed by atoms with E-state index in [2.05, 4.69) is 30.9 Å². The number of methoxy groups -OCH3 is 1. The van der Waals surface area contributed by atoms with E-state index in [1.165, 1.54) is 0 Å². The van der Waals surface area contributed by atoms with Gasteiger partial charge in [-0.05, 0) is 47.7 Å². The molecule has 1 unspecified atom stereocenters. The predicted molar refractivity (Wildman–Crippen MR) is 110 cm³/mol. The molecule has 0 saturated carbocycles. The quantitative estimate of drug-likeness (QED) is 0.723. The molecule has 1 aromatic heterocycles. The van der Waals surface area contributed by atoms with Gasteiger partial charge in [-0.1, -0.05) is 32.0 Å². The van der Waals surface area contributed by atoms with Crippen LogP contribution in [0.25, 0.3) is 22.3 Å². The van der Waals surface area contributed by atoms with Crippen molar-refractivity contribution in [3.8, 4) is 17.1 Å². The van der Waals surface area contributed by atoms with Crippen LogP contribution in [0.3, 0.4) is 0 Å². The molecular weight excluding hydrogens is 352 g/mol. The van der Waals surface area contributed by atoms with Crippen LogP contribution >= 0.6 is 0 Å². The van der Waals surface area contributed by atoms with Crippen molar-refractivity contribution in [1.29, 1.82) is 0 Å². The second-order valence-electron chi connectivity index (χ2n) is 8.37. The average molecular weight is 378 g/mol. The summed E-state index contributed by atoms with van der Waals surface area (Å²) in [5.74, 6) is 1.32. The maximum atomic E-state index is 11.9. The van der Waals surface area contributed by atoms with Crippen molar-refractivity contribution < 1.29 is 13.9 Å². The normalized spacial score (nSPS) is 19.2. The number of furan rings is 1. The summed E-state index contributed by atoms with van der Waals surface area (Å²) in [6.07, 6.45) is 0.800. The van der Waals surface area contributed by atoms with Crippen molar-refractivity contribution in [2.45, 2.75) is 32.9 Å². The molecule has 1 atom stereocenters. The first-order chi connectivity index (χ1) is 13.4. The number of primary amides is 1. The predicted octanol–water partition coefficient (Wildman–Crippen LogP) is 4.19. The Morgan fingerprint density at radius 3 is 2.79 bits per heavy atom. The van der Waals surface area contributed by atoms with Crippen molar-refractivity contribution >= 4 is 16.9 Å². The Morgan fingerprint density at radius 1 is 1.25 bits per heavy atom. The molecule has 2 aromatic carbocycles. The molecule has 2 N–H and O–H groups in total. The summed E-state index contributed by atoms with van der Waals surface area (Å²) in [5, 5.41) is 1.03. The van der Waals surface area contributed by atoms with Gasteiger partial charge in [0.25, 0.3) is 0 Å². The van der Waals surface area contributed by atoms with E-state index in [9.17, 15) is 4.79 Å². The number of fused-ring (bicyclic) bond motifs is 1. The topological polar surface area (TPSA) is 68.7 Å². The van der Waals surface area contributed by atoms with Crippen LogP contribution in [0.1, 0.15) is 25.8 Å². The van der Waals surface area contributed by atoms with E-state index in [0.717, 1.165) is 46.6 Å². The molecule has 1 aliphatic heterocycles. The Labute approximate surface area is 165 Å². The maximum Gasteiger partial charge on any atom is 0.234 e. The van der Waals surface area contributed by atoms with Crippen molar-refractivity contribution in [2.24, 2.45) is 11.1 Å². The lowest BCUT2D eigenvalue weighted by Gasteiger charge is -2.22. The fraction of sp³-hybridized carbons (Fsp3) is 0.348. The number of carbonyl (C=O) groups is 1. The smallest absolute Gasteiger partial charge is 0.234 e. The number of ether oxygens (including phenoxy) is 1. The van der Waals surface area contributed by atoms with Gasteiger partial charge in [0, 0.05) is 18.5 Å². The van der Waals surface area contributed by atoms with E-state index < -0.39 is 0 Å². The van der Waals surface area contributed by atoms with Crippen LogP contribution in [0.15, 0.2) is 52.9 Å². The van der Waals surface area contributed by atoms with Gasteiger partial charge in [0.1, 0.15) is 17.1 Å². The minimum Gasteiger partial charge on any atom is -0.496 e. The Hall–Kier alpha value is -2.79. The molecule has 0 aliphatic carbocycles. The fourth-order valence-corrected chi connectivity index (χ4v) is 4.23. The number of likely N-dealkylation sites (tertiary alicyclic amines) is 1. The highest BCUT2D eigenvalue weighted by molar-refractivity contribution is 5.84. The molecule has 2 heterocycles. The van der Waals surface area contributed by atoms with Gasteiger partial charge in [0.05, 0.1) is 18.7 Å². The molecule has 3 aromatic rings. The minimum atomic E-state index is -0.242. The van der Waals surface area contributed by atoms with E-state index >= 15 is 0 Å². The standard InChI is InChI=1S/C23H26N2O3/c1-23(2)12-18(22(24)26)25(14-23)13-15-8-9-19-16(10-15)11-21(28-19)17-6-4-5-7-20(17)27-3/h4-11,18H,12-14H2,1-3H3,(H2,24,26). The summed E-state index contributed by atoms with van der Waals surface area (Å²) >= 11 is 0. The van der Waals surface area contributed by atoms with E-state index in [-0.39, 0.29) is 17.4 Å². The summed E-state index contributed by atoms with van der Waals surface area (Å²) in [6.45, 7) is 5.92. The zero-order valence-corrected chi connectivity index (χ0v) is 16.6. The number of benzene rings is 2. The Bertz CT molecular complexity index is 1020. The molecule has 0 radical (unpaired) electrons. The van der Waals surface area contributed by atoms with Crippen molar-refractivity contribution in [3.63, 3.8) is 0 Å². The van der Waals surface area contributed by atoms with Gasteiger partial charge in [-0.2, -0.15) is 0 Å². The Kier molecular flexibility index (Phi) is 4.63. The zero-order chi connectivity index (χ0) is 19.9. The van der Waals surface area contributed by atoms with Crippen LogP contribution in [0, 0.1) is 5.41 Å². The highest BCUT2D eigenvalue weighted by Gasteiger charge is 2.40. The first-order valence-electron chi connectivity index (χ1n) is 9.55. The lowest BCUT2D eigenvalue weighted by molar-refractivity contribution is -0.122. The largest absolute Gasteiger partial charge is 0.496 e. The molecule has 0 spiro atoms. The van der Waals surface area contributed by atoms with Gasteiger partial charge >= 0.3 is 0 Å². The molecule has 1 aliphatic rings. The zero-order valence-electron chi connectivity index (χ0n) is 16.6. The van der Waals surface area contributed by atoms with Gasteiger partial charge < -0.3 is 14.9 Å². The number of nitrogens with zero attached hydrogens (tertiary/aromatic N) is 1. The van der Waals surface area contributed by atoms with Crippen molar-refractivity contribution in [1.82, 2.24) is 4.90 Å².